The van der Waals surface area contributed by atoms with Crippen LogP contribution in [0.3, 0.4) is 0 Å². The van der Waals surface area contributed by atoms with E-state index in [0.717, 1.165) is 5.56 Å². The van der Waals surface area contributed by atoms with Crippen LogP contribution in [0.5, 0.6) is 11.5 Å². The van der Waals surface area contributed by atoms with Gasteiger partial charge in [-0.15, -0.1) is 0 Å². The van der Waals surface area contributed by atoms with Crippen molar-refractivity contribution in [1.82, 2.24) is 0 Å². The molecule has 2 N–H and O–H groups in total. The average molecular weight is 343 g/mol. The summed E-state index contributed by atoms with van der Waals surface area (Å²) >= 11 is 0. The number of amides is 1. The summed E-state index contributed by atoms with van der Waals surface area (Å²) in [5, 5.41) is 12.4. The standard InChI is InChI=1S/C19H21NO5/c1-4-24-17-8-6-5-7-15(17)20-18(22)13(3)25-19(23)14-11-12(2)9-10-16(14)21/h5-11,13,21H,4H2,1-3H3,(H,20,22)/t13-/m0/s1. The van der Waals surface area contributed by atoms with Crippen LogP contribution in [0, 0.1) is 6.92 Å². The highest BCUT2D eigenvalue weighted by atomic mass is 16.5. The molecule has 1 atom stereocenters. The van der Waals surface area contributed by atoms with Crippen molar-refractivity contribution in [2.45, 2.75) is 26.9 Å². The summed E-state index contributed by atoms with van der Waals surface area (Å²) in [6.07, 6.45) is -1.04. The molecule has 6 nitrogen and oxygen atoms in total. The van der Waals surface area contributed by atoms with E-state index in [9.17, 15) is 14.7 Å². The van der Waals surface area contributed by atoms with Crippen molar-refractivity contribution in [3.8, 4) is 11.5 Å². The Balaban J connectivity index is 2.05. The molecule has 6 heteroatoms. The molecule has 132 valence electrons. The molecule has 0 aliphatic carbocycles. The number of nitrogens with one attached hydrogen (secondary N) is 1. The molecule has 0 radical (unpaired) electrons. The fourth-order valence-electron chi connectivity index (χ4n) is 2.18. The van der Waals surface area contributed by atoms with Gasteiger partial charge in [-0.2, -0.15) is 0 Å². The first kappa shape index (κ1) is 18.3. The number of ether oxygens (including phenoxy) is 2. The summed E-state index contributed by atoms with van der Waals surface area (Å²) in [7, 11) is 0. The third-order valence-electron chi connectivity index (χ3n) is 3.47. The normalized spacial score (nSPS) is 11.5. The summed E-state index contributed by atoms with van der Waals surface area (Å²) in [5.41, 5.74) is 1.32. The Labute approximate surface area is 146 Å². The number of carbonyl (C=O) groups excluding carboxylic acids is 2. The van der Waals surface area contributed by atoms with Gasteiger partial charge in [0.2, 0.25) is 0 Å². The molecule has 0 aliphatic heterocycles. The number of anilines is 1. The molecule has 0 heterocycles. The molecule has 0 bridgehead atoms. The summed E-state index contributed by atoms with van der Waals surface area (Å²) < 4.78 is 10.6. The van der Waals surface area contributed by atoms with E-state index in [1.54, 1.807) is 37.3 Å². The number of aromatic hydroxyl groups is 1. The zero-order chi connectivity index (χ0) is 18.4. The maximum atomic E-state index is 12.3. The van der Waals surface area contributed by atoms with Crippen LogP contribution >= 0.6 is 0 Å². The summed E-state index contributed by atoms with van der Waals surface area (Å²) in [4.78, 5) is 24.4. The SMILES string of the molecule is CCOc1ccccc1NC(=O)[C@H](C)OC(=O)c1cc(C)ccc1O. The lowest BCUT2D eigenvalue weighted by Crippen LogP contribution is -2.30. The van der Waals surface area contributed by atoms with Gasteiger partial charge in [0.25, 0.3) is 5.91 Å². The average Bonchev–Trinajstić information content (AvgIpc) is 2.58. The lowest BCUT2D eigenvalue weighted by molar-refractivity contribution is -0.123. The number of aryl methyl sites for hydroxylation is 1. The highest BCUT2D eigenvalue weighted by Crippen LogP contribution is 2.24. The Kier molecular flexibility index (Phi) is 6.00. The van der Waals surface area contributed by atoms with Gasteiger partial charge in [0.15, 0.2) is 6.10 Å². The van der Waals surface area contributed by atoms with Crippen LogP contribution in [0.15, 0.2) is 42.5 Å². The van der Waals surface area contributed by atoms with Gasteiger partial charge >= 0.3 is 5.97 Å². The van der Waals surface area contributed by atoms with Crippen LogP contribution in [-0.4, -0.2) is 29.7 Å². The van der Waals surface area contributed by atoms with Crippen LogP contribution in [0.4, 0.5) is 5.69 Å². The molecule has 0 saturated heterocycles. The number of benzene rings is 2. The van der Waals surface area contributed by atoms with E-state index >= 15 is 0 Å². The number of carbonyl (C=O) groups is 2. The minimum atomic E-state index is -1.04. The minimum absolute atomic E-state index is 0.0226. The van der Waals surface area contributed by atoms with Crippen LogP contribution in [-0.2, 0) is 9.53 Å². The fourth-order valence-corrected chi connectivity index (χ4v) is 2.18. The first-order valence-corrected chi connectivity index (χ1v) is 7.95. The van der Waals surface area contributed by atoms with Crippen molar-refractivity contribution in [3.63, 3.8) is 0 Å². The van der Waals surface area contributed by atoms with Crippen molar-refractivity contribution >= 4 is 17.6 Å². The molecular formula is C19H21NO5. The molecule has 0 spiro atoms. The number of para-hydroxylation sites is 2. The van der Waals surface area contributed by atoms with Crippen LogP contribution in [0.1, 0.15) is 29.8 Å². The van der Waals surface area contributed by atoms with Crippen molar-refractivity contribution in [3.05, 3.63) is 53.6 Å². The van der Waals surface area contributed by atoms with Crippen molar-refractivity contribution in [2.24, 2.45) is 0 Å². The second kappa shape index (κ2) is 8.19. The van der Waals surface area contributed by atoms with Gasteiger partial charge in [-0.3, -0.25) is 4.79 Å². The summed E-state index contributed by atoms with van der Waals surface area (Å²) in [6, 6.07) is 11.6. The first-order valence-electron chi connectivity index (χ1n) is 7.95. The van der Waals surface area contributed by atoms with Crippen molar-refractivity contribution in [1.29, 1.82) is 0 Å². The molecule has 1 amide bonds. The monoisotopic (exact) mass is 343 g/mol. The van der Waals surface area contributed by atoms with Gasteiger partial charge < -0.3 is 19.9 Å². The lowest BCUT2D eigenvalue weighted by atomic mass is 10.1. The molecule has 0 aliphatic rings. The predicted molar refractivity (Wildman–Crippen MR) is 94.0 cm³/mol. The van der Waals surface area contributed by atoms with Gasteiger partial charge in [0.1, 0.15) is 17.1 Å². The largest absolute Gasteiger partial charge is 0.507 e. The predicted octanol–water partition coefficient (Wildman–Crippen LogP) is 3.28. The number of hydrogen-bond donors (Lipinski definition) is 2. The number of hydrogen-bond acceptors (Lipinski definition) is 5. The summed E-state index contributed by atoms with van der Waals surface area (Å²) in [5.74, 6) is -0.910. The molecule has 2 rings (SSSR count). The maximum Gasteiger partial charge on any atom is 0.342 e. The molecule has 0 saturated carbocycles. The van der Waals surface area contributed by atoms with Gasteiger partial charge in [-0.1, -0.05) is 23.8 Å². The molecule has 2 aromatic carbocycles. The molecule has 0 unspecified atom stereocenters. The Morgan fingerprint density at radius 3 is 2.64 bits per heavy atom. The van der Waals surface area contributed by atoms with Crippen molar-refractivity contribution < 1.29 is 24.2 Å². The van der Waals surface area contributed by atoms with Gasteiger partial charge in [-0.25, -0.2) is 4.79 Å². The molecule has 25 heavy (non-hydrogen) atoms. The number of rotatable bonds is 6. The second-order valence-corrected chi connectivity index (χ2v) is 5.49. The lowest BCUT2D eigenvalue weighted by Gasteiger charge is -2.16. The van der Waals surface area contributed by atoms with Gasteiger partial charge in [0, 0.05) is 0 Å². The Hall–Kier alpha value is -3.02. The van der Waals surface area contributed by atoms with Crippen LogP contribution in [0.25, 0.3) is 0 Å². The van der Waals surface area contributed by atoms with Gasteiger partial charge in [-0.05, 0) is 45.0 Å². The van der Waals surface area contributed by atoms with Crippen LogP contribution in [0.2, 0.25) is 0 Å². The minimum Gasteiger partial charge on any atom is -0.507 e. The maximum absolute atomic E-state index is 12.3. The molecule has 0 fully saturated rings. The van der Waals surface area contributed by atoms with E-state index in [2.05, 4.69) is 5.32 Å². The quantitative estimate of drug-likeness (QED) is 0.786. The number of phenolic OH excluding ortho intramolecular Hbond substituents is 1. The highest BCUT2D eigenvalue weighted by molar-refractivity contribution is 5.99. The smallest absolute Gasteiger partial charge is 0.342 e. The summed E-state index contributed by atoms with van der Waals surface area (Å²) in [6.45, 7) is 5.56. The second-order valence-electron chi connectivity index (χ2n) is 5.49. The zero-order valence-corrected chi connectivity index (χ0v) is 14.4. The molecular weight excluding hydrogens is 322 g/mol. The Morgan fingerprint density at radius 2 is 1.92 bits per heavy atom. The van der Waals surface area contributed by atoms with E-state index in [1.165, 1.54) is 19.1 Å². The van der Waals surface area contributed by atoms with E-state index < -0.39 is 18.0 Å². The zero-order valence-electron chi connectivity index (χ0n) is 14.4. The highest BCUT2D eigenvalue weighted by Gasteiger charge is 2.22. The molecule has 0 aromatic heterocycles. The number of esters is 1. The Morgan fingerprint density at radius 1 is 1.20 bits per heavy atom. The molecule has 2 aromatic rings. The van der Waals surface area contributed by atoms with Gasteiger partial charge in [0.05, 0.1) is 12.3 Å². The third kappa shape index (κ3) is 4.73. The van der Waals surface area contributed by atoms with Crippen LogP contribution < -0.4 is 10.1 Å². The fraction of sp³-hybridized carbons (Fsp3) is 0.263. The van der Waals surface area contributed by atoms with Crippen molar-refractivity contribution in [2.75, 3.05) is 11.9 Å². The van der Waals surface area contributed by atoms with E-state index in [4.69, 9.17) is 9.47 Å². The third-order valence-corrected chi connectivity index (χ3v) is 3.47. The Bertz CT molecular complexity index is 772. The topological polar surface area (TPSA) is 84.9 Å². The van der Waals surface area contributed by atoms with E-state index in [1.807, 2.05) is 6.92 Å². The first-order chi connectivity index (χ1) is 11.9. The van der Waals surface area contributed by atoms with E-state index in [-0.39, 0.29) is 11.3 Å². The van der Waals surface area contributed by atoms with E-state index in [0.29, 0.717) is 18.0 Å². The number of phenols is 1.